The fourth-order valence-corrected chi connectivity index (χ4v) is 0.578. The molecule has 0 saturated heterocycles. The van der Waals surface area contributed by atoms with Crippen LogP contribution in [0.15, 0.2) is 10.2 Å². The smallest absolute Gasteiger partial charge is 0.124 e. The summed E-state index contributed by atoms with van der Waals surface area (Å²) in [6.45, 7) is 2.69. The van der Waals surface area contributed by atoms with Crippen molar-refractivity contribution in [2.45, 2.75) is 23.8 Å². The van der Waals surface area contributed by atoms with Crippen molar-refractivity contribution in [1.82, 2.24) is 0 Å². The van der Waals surface area contributed by atoms with E-state index in [0.717, 1.165) is 0 Å². The van der Waals surface area contributed by atoms with Crippen molar-refractivity contribution >= 4 is 23.2 Å². The van der Waals surface area contributed by atoms with Gasteiger partial charge in [-0.25, -0.2) is 0 Å². The van der Waals surface area contributed by atoms with Crippen LogP contribution in [0.3, 0.4) is 0 Å². The first kappa shape index (κ1) is 12.1. The molecule has 12 heavy (non-hydrogen) atoms. The molecule has 0 amide bonds. The first-order valence-corrected chi connectivity index (χ1v) is 4.54. The largest absolute Gasteiger partial charge is 0.326 e. The van der Waals surface area contributed by atoms with E-state index in [9.17, 15) is 0 Å². The number of rotatable bonds is 5. The van der Waals surface area contributed by atoms with Crippen molar-refractivity contribution in [2.75, 3.05) is 13.1 Å². The highest BCUT2D eigenvalue weighted by atomic mass is 35.5. The van der Waals surface area contributed by atoms with E-state index in [1.54, 1.807) is 0 Å². The standard InChI is InChI=1S/C6H14Cl2N4/c1-4(9)2-11-12-3-5(10)6(7)8/h4-6H,2-3,9-10H2,1H3. The molecule has 0 fully saturated rings. The van der Waals surface area contributed by atoms with E-state index < -0.39 is 4.84 Å². The van der Waals surface area contributed by atoms with Crippen LogP contribution in [0, 0.1) is 0 Å². The maximum absolute atomic E-state index is 5.48. The molecule has 72 valence electrons. The molecule has 0 radical (unpaired) electrons. The molecule has 2 atom stereocenters. The molecule has 6 heteroatoms. The zero-order valence-corrected chi connectivity index (χ0v) is 8.46. The minimum atomic E-state index is -0.598. The van der Waals surface area contributed by atoms with Gasteiger partial charge in [-0.3, -0.25) is 0 Å². The van der Waals surface area contributed by atoms with Crippen LogP contribution in [0.4, 0.5) is 0 Å². The molecule has 4 N–H and O–H groups in total. The van der Waals surface area contributed by atoms with Gasteiger partial charge < -0.3 is 11.5 Å². The Morgan fingerprint density at radius 1 is 1.17 bits per heavy atom. The molecule has 0 heterocycles. The topological polar surface area (TPSA) is 76.8 Å². The molecular formula is C6H14Cl2N4. The lowest BCUT2D eigenvalue weighted by atomic mass is 10.4. The van der Waals surface area contributed by atoms with Crippen molar-refractivity contribution in [3.8, 4) is 0 Å². The zero-order chi connectivity index (χ0) is 9.56. The summed E-state index contributed by atoms with van der Waals surface area (Å²) in [4.78, 5) is -0.598. The number of nitrogens with two attached hydrogens (primary N) is 2. The minimum absolute atomic E-state index is 0.0211. The SMILES string of the molecule is CC(N)CN=NCC(N)C(Cl)Cl. The molecule has 0 aliphatic carbocycles. The third-order valence-electron chi connectivity index (χ3n) is 1.09. The molecule has 0 rings (SSSR count). The van der Waals surface area contributed by atoms with Crippen LogP contribution in [0.1, 0.15) is 6.92 Å². The molecule has 0 spiro atoms. The van der Waals surface area contributed by atoms with E-state index in [4.69, 9.17) is 34.7 Å². The van der Waals surface area contributed by atoms with E-state index in [1.165, 1.54) is 0 Å². The predicted molar refractivity (Wildman–Crippen MR) is 51.7 cm³/mol. The van der Waals surface area contributed by atoms with Crippen LogP contribution >= 0.6 is 23.2 Å². The Bertz CT molecular complexity index is 138. The molecule has 4 nitrogen and oxygen atoms in total. The Hall–Kier alpha value is 0.1000. The second-order valence-electron chi connectivity index (χ2n) is 2.62. The first-order valence-electron chi connectivity index (χ1n) is 3.66. The van der Waals surface area contributed by atoms with Gasteiger partial charge in [0.1, 0.15) is 4.84 Å². The summed E-state index contributed by atoms with van der Waals surface area (Å²) in [5, 5.41) is 7.58. The van der Waals surface area contributed by atoms with Crippen molar-refractivity contribution in [3.63, 3.8) is 0 Å². The average Bonchev–Trinajstić information content (AvgIpc) is 1.97. The van der Waals surface area contributed by atoms with Gasteiger partial charge in [0.05, 0.1) is 19.1 Å². The monoisotopic (exact) mass is 212 g/mol. The second kappa shape index (κ2) is 6.60. The van der Waals surface area contributed by atoms with Gasteiger partial charge in [0, 0.05) is 6.04 Å². The van der Waals surface area contributed by atoms with Gasteiger partial charge in [-0.1, -0.05) is 0 Å². The summed E-state index contributed by atoms with van der Waals surface area (Å²) in [7, 11) is 0. The Morgan fingerprint density at radius 2 is 1.67 bits per heavy atom. The molecule has 0 bridgehead atoms. The third kappa shape index (κ3) is 6.79. The first-order chi connectivity index (χ1) is 5.54. The fraction of sp³-hybridized carbons (Fsp3) is 1.00. The normalized spacial score (nSPS) is 17.2. The molecule has 0 aromatic carbocycles. The maximum Gasteiger partial charge on any atom is 0.124 e. The number of hydrogen-bond donors (Lipinski definition) is 2. The summed E-state index contributed by atoms with van der Waals surface area (Å²) in [6.07, 6.45) is 0. The highest BCUT2D eigenvalue weighted by Crippen LogP contribution is 2.05. The van der Waals surface area contributed by atoms with Crippen LogP contribution in [0.5, 0.6) is 0 Å². The summed E-state index contributed by atoms with van der Waals surface area (Å²) < 4.78 is 0. The predicted octanol–water partition coefficient (Wildman–Crippen LogP) is 0.917. The molecular weight excluding hydrogens is 199 g/mol. The number of azo groups is 1. The van der Waals surface area contributed by atoms with E-state index in [2.05, 4.69) is 10.2 Å². The quantitative estimate of drug-likeness (QED) is 0.526. The van der Waals surface area contributed by atoms with Crippen LogP contribution in [-0.4, -0.2) is 30.0 Å². The highest BCUT2D eigenvalue weighted by Gasteiger charge is 2.09. The van der Waals surface area contributed by atoms with Gasteiger partial charge in [0.15, 0.2) is 0 Å². The van der Waals surface area contributed by atoms with Gasteiger partial charge in [-0.2, -0.15) is 10.2 Å². The minimum Gasteiger partial charge on any atom is -0.326 e. The number of halogens is 2. The van der Waals surface area contributed by atoms with Gasteiger partial charge in [0.25, 0.3) is 0 Å². The summed E-state index contributed by atoms with van der Waals surface area (Å²) in [6, 6.07) is -0.335. The summed E-state index contributed by atoms with van der Waals surface area (Å²) in [5.41, 5.74) is 10.9. The molecule has 0 aliphatic heterocycles. The molecule has 0 aromatic heterocycles. The highest BCUT2D eigenvalue weighted by molar-refractivity contribution is 6.44. The van der Waals surface area contributed by atoms with Gasteiger partial charge in [-0.15, -0.1) is 23.2 Å². The lowest BCUT2D eigenvalue weighted by molar-refractivity contribution is 0.663. The Morgan fingerprint density at radius 3 is 2.08 bits per heavy atom. The third-order valence-corrected chi connectivity index (χ3v) is 1.73. The van der Waals surface area contributed by atoms with Crippen molar-refractivity contribution in [3.05, 3.63) is 0 Å². The number of hydrogen-bond acceptors (Lipinski definition) is 4. The Labute approximate surface area is 82.3 Å². The van der Waals surface area contributed by atoms with Gasteiger partial charge >= 0.3 is 0 Å². The van der Waals surface area contributed by atoms with Crippen LogP contribution in [-0.2, 0) is 0 Å². The van der Waals surface area contributed by atoms with Crippen LogP contribution in [0.2, 0.25) is 0 Å². The number of alkyl halides is 2. The van der Waals surface area contributed by atoms with Crippen molar-refractivity contribution < 1.29 is 0 Å². The van der Waals surface area contributed by atoms with E-state index in [1.807, 2.05) is 6.92 Å². The molecule has 2 unspecified atom stereocenters. The Balaban J connectivity index is 3.46. The molecule has 0 aliphatic rings. The zero-order valence-electron chi connectivity index (χ0n) is 6.95. The van der Waals surface area contributed by atoms with E-state index in [0.29, 0.717) is 13.1 Å². The van der Waals surface area contributed by atoms with Gasteiger partial charge in [-0.05, 0) is 6.92 Å². The fourth-order valence-electron chi connectivity index (χ4n) is 0.418. The van der Waals surface area contributed by atoms with Crippen molar-refractivity contribution in [2.24, 2.45) is 21.7 Å². The summed E-state index contributed by atoms with van der Waals surface area (Å²) >= 11 is 11.0. The van der Waals surface area contributed by atoms with Gasteiger partial charge in [0.2, 0.25) is 0 Å². The maximum atomic E-state index is 5.48. The number of nitrogens with zero attached hydrogens (tertiary/aromatic N) is 2. The molecule has 0 saturated carbocycles. The molecule has 0 aromatic rings. The Kier molecular flexibility index (Phi) is 6.65. The van der Waals surface area contributed by atoms with Crippen molar-refractivity contribution in [1.29, 1.82) is 0 Å². The van der Waals surface area contributed by atoms with E-state index >= 15 is 0 Å². The average molecular weight is 213 g/mol. The lowest BCUT2D eigenvalue weighted by Crippen LogP contribution is -2.30. The second-order valence-corrected chi connectivity index (χ2v) is 3.79. The summed E-state index contributed by atoms with van der Waals surface area (Å²) in [5.74, 6) is 0. The van der Waals surface area contributed by atoms with Crippen LogP contribution in [0.25, 0.3) is 0 Å². The lowest BCUT2D eigenvalue weighted by Gasteiger charge is -2.07. The van der Waals surface area contributed by atoms with E-state index in [-0.39, 0.29) is 12.1 Å². The van der Waals surface area contributed by atoms with Crippen LogP contribution < -0.4 is 11.5 Å².